The van der Waals surface area contributed by atoms with Crippen LogP contribution < -0.4 is 16.0 Å². The summed E-state index contributed by atoms with van der Waals surface area (Å²) in [5, 5.41) is 39.9. The van der Waals surface area contributed by atoms with Crippen molar-refractivity contribution >= 4 is 24.1 Å². The van der Waals surface area contributed by atoms with E-state index in [4.69, 9.17) is 25.3 Å². The van der Waals surface area contributed by atoms with Crippen LogP contribution in [0, 0.1) is 5.41 Å². The van der Waals surface area contributed by atoms with Crippen molar-refractivity contribution in [2.24, 2.45) is 0 Å². The van der Waals surface area contributed by atoms with Crippen LogP contribution in [0.15, 0.2) is 0 Å². The Morgan fingerprint density at radius 1 is 1.07 bits per heavy atom. The zero-order chi connectivity index (χ0) is 23.2. The molecule has 0 fully saturated rings. The second kappa shape index (κ2) is 14.3. The molecule has 0 radical (unpaired) electrons. The fourth-order valence-electron chi connectivity index (χ4n) is 1.92. The number of carbonyl (C=O) groups is 3. The Kier molecular flexibility index (Phi) is 13.0. The number of aliphatic carboxylic acids is 1. The molecule has 0 heterocycles. The maximum atomic E-state index is 11.7. The van der Waals surface area contributed by atoms with Gasteiger partial charge >= 0.3 is 18.2 Å². The van der Waals surface area contributed by atoms with Gasteiger partial charge in [-0.3, -0.25) is 26.0 Å². The van der Waals surface area contributed by atoms with Gasteiger partial charge in [0.1, 0.15) is 11.6 Å². The molecule has 0 rings (SSSR count). The van der Waals surface area contributed by atoms with Crippen molar-refractivity contribution in [1.82, 2.24) is 21.3 Å². The average molecular weight is 437 g/mol. The third kappa shape index (κ3) is 16.3. The van der Waals surface area contributed by atoms with E-state index in [0.29, 0.717) is 19.3 Å². The highest BCUT2D eigenvalue weighted by atomic mass is 17.1. The third-order valence-electron chi connectivity index (χ3n) is 3.17. The Morgan fingerprint density at radius 3 is 2.27 bits per heavy atom. The number of hydrogen-bond acceptors (Lipinski definition) is 10. The molecule has 2 amide bonds. The van der Waals surface area contributed by atoms with Gasteiger partial charge in [0.05, 0.1) is 18.6 Å². The molecular formula is C16H31N5O9. The molecule has 0 aromatic heterocycles. The molecule has 174 valence electrons. The van der Waals surface area contributed by atoms with Gasteiger partial charge in [0, 0.05) is 6.54 Å². The van der Waals surface area contributed by atoms with Crippen LogP contribution >= 0.6 is 0 Å². The van der Waals surface area contributed by atoms with Gasteiger partial charge in [0.25, 0.3) is 0 Å². The summed E-state index contributed by atoms with van der Waals surface area (Å²) in [6.45, 7) is 5.21. The standard InChI is InChI=1S/C16H31N5O9/c1-16(2,3)30-15(25)19-11(12(22)23)7-6-8-18-13(17)20-14(24)28-9-4-5-10-29-21(26)27/h11,26-27H,4-10H2,1-3H3,(H,19,25)(H,22,23)(H3,17,18,20,24). The average Bonchev–Trinajstić information content (AvgIpc) is 2.58. The van der Waals surface area contributed by atoms with Gasteiger partial charge in [-0.25, -0.2) is 14.4 Å². The summed E-state index contributed by atoms with van der Waals surface area (Å²) in [6.07, 6.45) is -0.503. The highest BCUT2D eigenvalue weighted by Crippen LogP contribution is 2.07. The van der Waals surface area contributed by atoms with Crippen molar-refractivity contribution in [1.29, 1.82) is 5.41 Å². The number of nitrogens with one attached hydrogen (secondary N) is 4. The van der Waals surface area contributed by atoms with Gasteiger partial charge in [0.15, 0.2) is 5.96 Å². The third-order valence-corrected chi connectivity index (χ3v) is 3.17. The Bertz CT molecular complexity index is 566. The van der Waals surface area contributed by atoms with Crippen molar-refractivity contribution in [2.75, 3.05) is 19.8 Å². The van der Waals surface area contributed by atoms with E-state index in [1.54, 1.807) is 20.8 Å². The summed E-state index contributed by atoms with van der Waals surface area (Å²) in [7, 11) is 0. The number of carbonyl (C=O) groups excluding carboxylic acids is 2. The number of carboxylic acids is 1. The Balaban J connectivity index is 3.98. The minimum absolute atomic E-state index is 0.0233. The lowest BCUT2D eigenvalue weighted by atomic mass is 10.1. The quantitative estimate of drug-likeness (QED) is 0.0983. The normalized spacial score (nSPS) is 12.1. The van der Waals surface area contributed by atoms with E-state index in [0.717, 1.165) is 0 Å². The first-order chi connectivity index (χ1) is 13.9. The molecule has 1 atom stereocenters. The molecular weight excluding hydrogens is 406 g/mol. The minimum atomic E-state index is -1.21. The smallest absolute Gasteiger partial charge is 0.413 e. The molecule has 14 nitrogen and oxygen atoms in total. The van der Waals surface area contributed by atoms with Gasteiger partial charge in [-0.1, -0.05) is 0 Å². The predicted molar refractivity (Wildman–Crippen MR) is 101 cm³/mol. The predicted octanol–water partition coefficient (Wildman–Crippen LogP) is 0.787. The van der Waals surface area contributed by atoms with Crippen molar-refractivity contribution < 1.29 is 44.2 Å². The van der Waals surface area contributed by atoms with Gasteiger partial charge in [-0.15, -0.1) is 0 Å². The first-order valence-corrected chi connectivity index (χ1v) is 9.20. The number of guanidine groups is 1. The maximum absolute atomic E-state index is 11.7. The fraction of sp³-hybridized carbons (Fsp3) is 0.750. The van der Waals surface area contributed by atoms with Gasteiger partial charge in [-0.05, 0) is 46.5 Å². The molecule has 0 aromatic carbocycles. The number of nitrogens with zero attached hydrogens (tertiary/aromatic N) is 1. The molecule has 0 saturated heterocycles. The van der Waals surface area contributed by atoms with Crippen molar-refractivity contribution in [3.8, 4) is 0 Å². The Hall–Kier alpha value is -2.68. The highest BCUT2D eigenvalue weighted by molar-refractivity contribution is 5.91. The first-order valence-electron chi connectivity index (χ1n) is 9.20. The topological polar surface area (TPSA) is 203 Å². The Labute approximate surface area is 173 Å². The zero-order valence-corrected chi connectivity index (χ0v) is 17.3. The van der Waals surface area contributed by atoms with Crippen LogP contribution in [0.2, 0.25) is 0 Å². The summed E-state index contributed by atoms with van der Waals surface area (Å²) < 4.78 is 9.83. The van der Waals surface area contributed by atoms with Crippen LogP contribution in [-0.4, -0.2) is 76.4 Å². The van der Waals surface area contributed by atoms with Crippen LogP contribution in [0.4, 0.5) is 9.59 Å². The second-order valence-corrected chi connectivity index (χ2v) is 7.04. The minimum Gasteiger partial charge on any atom is -0.480 e. The van der Waals surface area contributed by atoms with E-state index in [1.807, 2.05) is 0 Å². The molecule has 0 aliphatic rings. The van der Waals surface area contributed by atoms with E-state index in [1.165, 1.54) is 0 Å². The molecule has 0 aromatic rings. The van der Waals surface area contributed by atoms with Crippen molar-refractivity contribution in [3.05, 3.63) is 0 Å². The monoisotopic (exact) mass is 437 g/mol. The van der Waals surface area contributed by atoms with E-state index in [9.17, 15) is 19.5 Å². The number of amides is 2. The van der Waals surface area contributed by atoms with Crippen molar-refractivity contribution in [2.45, 2.75) is 58.1 Å². The Morgan fingerprint density at radius 2 is 1.70 bits per heavy atom. The molecule has 0 bridgehead atoms. The molecule has 0 saturated carbocycles. The van der Waals surface area contributed by atoms with Gasteiger partial charge in [-0.2, -0.15) is 0 Å². The SMILES string of the molecule is CC(C)(C)OC(=O)NC(CCCNC(=N)NC(=O)OCCCCON(O)O)C(=O)O. The summed E-state index contributed by atoms with van der Waals surface area (Å²) in [5.41, 5.74) is -0.752. The van der Waals surface area contributed by atoms with E-state index in [2.05, 4.69) is 20.8 Å². The fourth-order valence-corrected chi connectivity index (χ4v) is 1.92. The first kappa shape index (κ1) is 27.3. The molecule has 7 N–H and O–H groups in total. The van der Waals surface area contributed by atoms with Crippen LogP contribution in [-0.2, 0) is 19.1 Å². The maximum Gasteiger partial charge on any atom is 0.413 e. The summed E-state index contributed by atoms with van der Waals surface area (Å²) in [6, 6.07) is -1.15. The van der Waals surface area contributed by atoms with E-state index < -0.39 is 35.2 Å². The number of rotatable bonds is 12. The van der Waals surface area contributed by atoms with Crippen LogP contribution in [0.1, 0.15) is 46.5 Å². The van der Waals surface area contributed by atoms with Crippen molar-refractivity contribution in [3.63, 3.8) is 0 Å². The second-order valence-electron chi connectivity index (χ2n) is 7.04. The number of carboxylic acid groups (broad SMARTS) is 1. The van der Waals surface area contributed by atoms with Crippen LogP contribution in [0.5, 0.6) is 0 Å². The summed E-state index contributed by atoms with van der Waals surface area (Å²) >= 11 is 0. The van der Waals surface area contributed by atoms with Gasteiger partial charge in [0.2, 0.25) is 0 Å². The lowest BCUT2D eigenvalue weighted by Gasteiger charge is -2.22. The van der Waals surface area contributed by atoms with Crippen LogP contribution in [0.3, 0.4) is 0 Å². The lowest BCUT2D eigenvalue weighted by molar-refractivity contribution is -0.492. The molecule has 0 aliphatic heterocycles. The van der Waals surface area contributed by atoms with Gasteiger partial charge < -0.3 is 25.2 Å². The highest BCUT2D eigenvalue weighted by Gasteiger charge is 2.23. The lowest BCUT2D eigenvalue weighted by Crippen LogP contribution is -2.44. The zero-order valence-electron chi connectivity index (χ0n) is 17.3. The molecule has 30 heavy (non-hydrogen) atoms. The van der Waals surface area contributed by atoms with Crippen LogP contribution in [0.25, 0.3) is 0 Å². The molecule has 0 spiro atoms. The number of hydrogen-bond donors (Lipinski definition) is 7. The largest absolute Gasteiger partial charge is 0.480 e. The molecule has 14 heteroatoms. The van der Waals surface area contributed by atoms with E-state index >= 15 is 0 Å². The summed E-state index contributed by atoms with van der Waals surface area (Å²) in [4.78, 5) is 38.7. The summed E-state index contributed by atoms with van der Waals surface area (Å²) in [5.74, 6) is -1.54. The molecule has 0 aliphatic carbocycles. The van der Waals surface area contributed by atoms with E-state index in [-0.39, 0.29) is 32.1 Å². The number of ether oxygens (including phenoxy) is 2. The number of unbranched alkanes of at least 4 members (excludes halogenated alkanes) is 1. The number of alkyl carbamates (subject to hydrolysis) is 2. The molecule has 1 unspecified atom stereocenters.